The minimum absolute atomic E-state index is 0.114. The van der Waals surface area contributed by atoms with Crippen LogP contribution in [0.25, 0.3) is 0 Å². The maximum Gasteiger partial charge on any atom is 0.430 e. The van der Waals surface area contributed by atoms with Crippen molar-refractivity contribution in [2.24, 2.45) is 0 Å². The Morgan fingerprint density at radius 2 is 1.82 bits per heavy atom. The summed E-state index contributed by atoms with van der Waals surface area (Å²) in [7, 11) is 9.32. The van der Waals surface area contributed by atoms with Gasteiger partial charge in [0.25, 0.3) is 5.91 Å². The van der Waals surface area contributed by atoms with E-state index in [0.29, 0.717) is 31.7 Å². The standard InChI is InChI=1S/C26H43N7O5/c1-19(30(2)3)18-31(4)23-22-21(12-13-27-23)32(26(35)38-17-16-37-6)33(28-14-15-36-5)24(22)29-25(34)20-10-8-7-9-11-20/h7-11,19,23-24,27-28H,12-18H2,1-6H3,(H,29,34). The zero-order valence-corrected chi connectivity index (χ0v) is 23.4. The van der Waals surface area contributed by atoms with E-state index in [1.807, 2.05) is 25.2 Å². The Morgan fingerprint density at radius 1 is 1.11 bits per heavy atom. The number of rotatable bonds is 13. The van der Waals surface area contributed by atoms with Crippen LogP contribution in [0.1, 0.15) is 23.7 Å². The van der Waals surface area contributed by atoms with Gasteiger partial charge in [0.05, 0.1) is 25.1 Å². The molecular formula is C26H43N7O5. The van der Waals surface area contributed by atoms with Gasteiger partial charge in [-0.1, -0.05) is 18.2 Å². The molecule has 0 aliphatic carbocycles. The van der Waals surface area contributed by atoms with Gasteiger partial charge in [-0.25, -0.2) is 10.2 Å². The van der Waals surface area contributed by atoms with Gasteiger partial charge < -0.3 is 24.4 Å². The summed E-state index contributed by atoms with van der Waals surface area (Å²) in [6.07, 6.45) is -0.825. The molecule has 2 aliphatic heterocycles. The zero-order chi connectivity index (χ0) is 27.7. The summed E-state index contributed by atoms with van der Waals surface area (Å²) in [5, 5.41) is 9.92. The largest absolute Gasteiger partial charge is 0.446 e. The van der Waals surface area contributed by atoms with Gasteiger partial charge in [0.1, 0.15) is 12.8 Å². The van der Waals surface area contributed by atoms with Gasteiger partial charge in [0.15, 0.2) is 0 Å². The Morgan fingerprint density at radius 3 is 2.47 bits per heavy atom. The second-order valence-electron chi connectivity index (χ2n) is 9.67. The van der Waals surface area contributed by atoms with Gasteiger partial charge in [0, 0.05) is 57.5 Å². The van der Waals surface area contributed by atoms with Gasteiger partial charge in [-0.3, -0.25) is 15.0 Å². The summed E-state index contributed by atoms with van der Waals surface area (Å²) in [5.74, 6) is -0.246. The summed E-state index contributed by atoms with van der Waals surface area (Å²) in [6, 6.07) is 9.33. The van der Waals surface area contributed by atoms with E-state index in [9.17, 15) is 9.59 Å². The second-order valence-corrected chi connectivity index (χ2v) is 9.67. The van der Waals surface area contributed by atoms with Crippen LogP contribution in [-0.4, -0.2) is 125 Å². The minimum Gasteiger partial charge on any atom is -0.446 e. The molecule has 1 aromatic carbocycles. The molecule has 2 aliphatic rings. The van der Waals surface area contributed by atoms with E-state index in [-0.39, 0.29) is 31.3 Å². The number of hydrogen-bond acceptors (Lipinski definition) is 10. The summed E-state index contributed by atoms with van der Waals surface area (Å²) >= 11 is 0. The molecule has 3 unspecified atom stereocenters. The Kier molecular flexibility index (Phi) is 11.5. The van der Waals surface area contributed by atoms with Crippen LogP contribution in [0, 0.1) is 0 Å². The number of nitrogens with zero attached hydrogens (tertiary/aromatic N) is 4. The van der Waals surface area contributed by atoms with Crippen molar-refractivity contribution in [3.63, 3.8) is 0 Å². The molecule has 12 nitrogen and oxygen atoms in total. The van der Waals surface area contributed by atoms with E-state index < -0.39 is 12.3 Å². The molecule has 0 saturated heterocycles. The summed E-state index contributed by atoms with van der Waals surface area (Å²) in [5.41, 5.74) is 5.49. The number of likely N-dealkylation sites (N-methyl/N-ethyl adjacent to an activating group) is 2. The lowest BCUT2D eigenvalue weighted by Crippen LogP contribution is -2.61. The van der Waals surface area contributed by atoms with E-state index in [0.717, 1.165) is 17.8 Å². The second kappa shape index (κ2) is 14.5. The average Bonchev–Trinajstić information content (AvgIpc) is 3.22. The SMILES string of the molecule is COCCNN1C(NC(=O)c2ccccc2)C2=C(CCNC2N(C)CC(C)N(C)C)N1C(=O)OCCOC. The smallest absolute Gasteiger partial charge is 0.430 e. The van der Waals surface area contributed by atoms with Crippen LogP contribution in [0.2, 0.25) is 0 Å². The number of nitrogens with one attached hydrogen (secondary N) is 3. The third-order valence-electron chi connectivity index (χ3n) is 6.78. The fourth-order valence-electron chi connectivity index (χ4n) is 4.56. The highest BCUT2D eigenvalue weighted by Crippen LogP contribution is 2.35. The average molecular weight is 534 g/mol. The maximum atomic E-state index is 13.4. The summed E-state index contributed by atoms with van der Waals surface area (Å²) < 4.78 is 15.8. The zero-order valence-electron chi connectivity index (χ0n) is 23.4. The third-order valence-corrected chi connectivity index (χ3v) is 6.78. The van der Waals surface area contributed by atoms with Gasteiger partial charge in [-0.2, -0.15) is 5.01 Å². The third kappa shape index (κ3) is 7.29. The fourth-order valence-corrected chi connectivity index (χ4v) is 4.56. The highest BCUT2D eigenvalue weighted by molar-refractivity contribution is 5.94. The number of carbonyl (C=O) groups is 2. The number of amides is 2. The molecule has 12 heteroatoms. The molecule has 0 saturated carbocycles. The van der Waals surface area contributed by atoms with Crippen molar-refractivity contribution in [2.75, 3.05) is 74.8 Å². The van der Waals surface area contributed by atoms with Crippen molar-refractivity contribution in [1.82, 2.24) is 36.0 Å². The van der Waals surface area contributed by atoms with Crippen molar-refractivity contribution in [3.05, 3.63) is 47.2 Å². The normalized spacial score (nSPS) is 20.7. The topological polar surface area (TPSA) is 111 Å². The van der Waals surface area contributed by atoms with Crippen LogP contribution in [0.4, 0.5) is 4.79 Å². The molecule has 212 valence electrons. The molecule has 2 amide bonds. The molecule has 3 N–H and O–H groups in total. The summed E-state index contributed by atoms with van der Waals surface area (Å²) in [6.45, 7) is 4.83. The minimum atomic E-state index is -0.653. The molecule has 0 fully saturated rings. The number of carbonyl (C=O) groups excluding carboxylic acids is 2. The first-order valence-corrected chi connectivity index (χ1v) is 13.0. The fraction of sp³-hybridized carbons (Fsp3) is 0.615. The van der Waals surface area contributed by atoms with Crippen LogP contribution >= 0.6 is 0 Å². The lowest BCUT2D eigenvalue weighted by atomic mass is 10.0. The number of hydrogen-bond donors (Lipinski definition) is 3. The van der Waals surface area contributed by atoms with E-state index in [1.165, 1.54) is 5.01 Å². The molecule has 1 aromatic rings. The molecule has 3 rings (SSSR count). The first-order chi connectivity index (χ1) is 18.3. The lowest BCUT2D eigenvalue weighted by Gasteiger charge is -2.38. The van der Waals surface area contributed by atoms with Gasteiger partial charge in [-0.05, 0) is 40.2 Å². The molecule has 0 bridgehead atoms. The van der Waals surface area contributed by atoms with Crippen LogP contribution in [0.3, 0.4) is 0 Å². The molecule has 0 aromatic heterocycles. The van der Waals surface area contributed by atoms with Gasteiger partial charge in [0.2, 0.25) is 0 Å². The predicted molar refractivity (Wildman–Crippen MR) is 144 cm³/mol. The van der Waals surface area contributed by atoms with Crippen LogP contribution in [0.5, 0.6) is 0 Å². The Balaban J connectivity index is 2.00. The number of methoxy groups -OCH3 is 2. The molecular weight excluding hydrogens is 490 g/mol. The number of hydrazine groups is 2. The highest BCUT2D eigenvalue weighted by atomic mass is 16.6. The van der Waals surface area contributed by atoms with Crippen LogP contribution < -0.4 is 16.1 Å². The Labute approximate surface area is 225 Å². The highest BCUT2D eigenvalue weighted by Gasteiger charge is 2.48. The predicted octanol–water partition coefficient (Wildman–Crippen LogP) is 0.665. The maximum absolute atomic E-state index is 13.4. The van der Waals surface area contributed by atoms with Crippen LogP contribution in [-0.2, 0) is 14.2 Å². The van der Waals surface area contributed by atoms with Gasteiger partial charge >= 0.3 is 6.09 Å². The van der Waals surface area contributed by atoms with Gasteiger partial charge in [-0.15, -0.1) is 5.12 Å². The van der Waals surface area contributed by atoms with Crippen molar-refractivity contribution >= 4 is 12.0 Å². The van der Waals surface area contributed by atoms with Crippen molar-refractivity contribution < 1.29 is 23.8 Å². The first kappa shape index (κ1) is 30.0. The van der Waals surface area contributed by atoms with Crippen molar-refractivity contribution in [1.29, 1.82) is 0 Å². The Bertz CT molecular complexity index is 945. The molecule has 0 spiro atoms. The Hall–Kier alpha value is -2.58. The molecule has 3 atom stereocenters. The number of benzene rings is 1. The molecule has 38 heavy (non-hydrogen) atoms. The van der Waals surface area contributed by atoms with Crippen molar-refractivity contribution in [2.45, 2.75) is 31.7 Å². The van der Waals surface area contributed by atoms with Crippen molar-refractivity contribution in [3.8, 4) is 0 Å². The van der Waals surface area contributed by atoms with E-state index in [4.69, 9.17) is 14.2 Å². The summed E-state index contributed by atoms with van der Waals surface area (Å²) in [4.78, 5) is 31.2. The first-order valence-electron chi connectivity index (χ1n) is 13.0. The van der Waals surface area contributed by atoms with E-state index in [2.05, 4.69) is 46.9 Å². The quantitative estimate of drug-likeness (QED) is 0.313. The van der Waals surface area contributed by atoms with E-state index in [1.54, 1.807) is 31.5 Å². The number of ether oxygens (including phenoxy) is 3. The lowest BCUT2D eigenvalue weighted by molar-refractivity contribution is -0.0539. The molecule has 0 radical (unpaired) electrons. The molecule has 2 heterocycles. The van der Waals surface area contributed by atoms with Crippen LogP contribution in [0.15, 0.2) is 41.6 Å². The van der Waals surface area contributed by atoms with E-state index >= 15 is 0 Å². The monoisotopic (exact) mass is 533 g/mol.